The fourth-order valence-electron chi connectivity index (χ4n) is 1.60. The molecule has 0 aromatic heterocycles. The molecule has 0 N–H and O–H groups in total. The first kappa shape index (κ1) is 11.8. The van der Waals surface area contributed by atoms with E-state index in [-0.39, 0.29) is 11.9 Å². The second-order valence-corrected chi connectivity index (χ2v) is 4.35. The third kappa shape index (κ3) is 2.38. The molecule has 0 aliphatic carbocycles. The van der Waals surface area contributed by atoms with Gasteiger partial charge in [0, 0.05) is 0 Å². The molecular weight excluding hydrogens is 188 g/mol. The van der Waals surface area contributed by atoms with E-state index in [4.69, 9.17) is 4.74 Å². The lowest BCUT2D eigenvalue weighted by molar-refractivity contribution is -0.151. The van der Waals surface area contributed by atoms with Crippen LogP contribution in [-0.2, 0) is 9.53 Å². The summed E-state index contributed by atoms with van der Waals surface area (Å²) in [6, 6.07) is 10.0. The Bertz CT molecular complexity index is 328. The molecule has 2 heteroatoms. The van der Waals surface area contributed by atoms with Crippen molar-refractivity contribution in [3.63, 3.8) is 0 Å². The monoisotopic (exact) mass is 206 g/mol. The largest absolute Gasteiger partial charge is 0.469 e. The molecule has 0 fully saturated rings. The summed E-state index contributed by atoms with van der Waals surface area (Å²) in [5.41, 5.74) is 0.670. The summed E-state index contributed by atoms with van der Waals surface area (Å²) in [5.74, 6) is -0.0231. The van der Waals surface area contributed by atoms with Gasteiger partial charge in [-0.3, -0.25) is 4.79 Å². The van der Waals surface area contributed by atoms with E-state index in [0.717, 1.165) is 5.56 Å². The van der Waals surface area contributed by atoms with Crippen LogP contribution < -0.4 is 0 Å². The van der Waals surface area contributed by atoms with Crippen molar-refractivity contribution in [2.45, 2.75) is 26.7 Å². The van der Waals surface area contributed by atoms with Crippen LogP contribution in [0.2, 0.25) is 0 Å². The lowest BCUT2D eigenvalue weighted by atomic mass is 9.76. The highest BCUT2D eigenvalue weighted by Crippen LogP contribution is 2.35. The van der Waals surface area contributed by atoms with Crippen molar-refractivity contribution in [2.24, 2.45) is 5.41 Å². The van der Waals surface area contributed by atoms with Crippen LogP contribution in [0.4, 0.5) is 0 Å². The standard InChI is InChI=1S/C13H18O2/c1-10(11-8-6-5-7-9-11)13(2,3)12(14)15-4/h5-10H,1-4H3/t10-/m0/s1. The maximum absolute atomic E-state index is 11.6. The summed E-state index contributed by atoms with van der Waals surface area (Å²) in [4.78, 5) is 11.6. The predicted octanol–water partition coefficient (Wildman–Crippen LogP) is 2.99. The van der Waals surface area contributed by atoms with Gasteiger partial charge in [-0.2, -0.15) is 0 Å². The maximum atomic E-state index is 11.6. The normalized spacial score (nSPS) is 13.3. The van der Waals surface area contributed by atoms with Gasteiger partial charge >= 0.3 is 5.97 Å². The molecular formula is C13H18O2. The number of rotatable bonds is 3. The Hall–Kier alpha value is -1.31. The Morgan fingerprint density at radius 1 is 1.27 bits per heavy atom. The van der Waals surface area contributed by atoms with Crippen molar-refractivity contribution in [1.29, 1.82) is 0 Å². The van der Waals surface area contributed by atoms with Crippen LogP contribution in [0.25, 0.3) is 0 Å². The molecule has 2 nitrogen and oxygen atoms in total. The first-order chi connectivity index (χ1) is 7.00. The van der Waals surface area contributed by atoms with Gasteiger partial charge in [-0.1, -0.05) is 37.3 Å². The van der Waals surface area contributed by atoms with Gasteiger partial charge in [0.25, 0.3) is 0 Å². The van der Waals surface area contributed by atoms with Gasteiger partial charge in [0.1, 0.15) is 0 Å². The van der Waals surface area contributed by atoms with Crippen molar-refractivity contribution >= 4 is 5.97 Å². The molecule has 0 aliphatic rings. The van der Waals surface area contributed by atoms with E-state index in [1.54, 1.807) is 0 Å². The minimum absolute atomic E-state index is 0.145. The zero-order chi connectivity index (χ0) is 11.5. The molecule has 0 spiro atoms. The van der Waals surface area contributed by atoms with Crippen LogP contribution >= 0.6 is 0 Å². The zero-order valence-electron chi connectivity index (χ0n) is 9.78. The van der Waals surface area contributed by atoms with Gasteiger partial charge < -0.3 is 4.74 Å². The van der Waals surface area contributed by atoms with E-state index >= 15 is 0 Å². The fourth-order valence-corrected chi connectivity index (χ4v) is 1.60. The van der Waals surface area contributed by atoms with E-state index < -0.39 is 5.41 Å². The van der Waals surface area contributed by atoms with E-state index in [1.165, 1.54) is 7.11 Å². The molecule has 1 aromatic carbocycles. The summed E-state index contributed by atoms with van der Waals surface area (Å²) >= 11 is 0. The minimum Gasteiger partial charge on any atom is -0.469 e. The number of hydrogen-bond donors (Lipinski definition) is 0. The van der Waals surface area contributed by atoms with Gasteiger partial charge in [0.15, 0.2) is 0 Å². The molecule has 1 aromatic rings. The lowest BCUT2D eigenvalue weighted by Crippen LogP contribution is -2.31. The molecule has 0 heterocycles. The molecule has 15 heavy (non-hydrogen) atoms. The minimum atomic E-state index is -0.490. The Balaban J connectivity index is 2.94. The van der Waals surface area contributed by atoms with E-state index in [2.05, 4.69) is 0 Å². The first-order valence-electron chi connectivity index (χ1n) is 5.13. The highest BCUT2D eigenvalue weighted by Gasteiger charge is 2.35. The zero-order valence-corrected chi connectivity index (χ0v) is 9.78. The van der Waals surface area contributed by atoms with Crippen molar-refractivity contribution in [2.75, 3.05) is 7.11 Å². The summed E-state index contributed by atoms with van der Waals surface area (Å²) in [5, 5.41) is 0. The topological polar surface area (TPSA) is 26.3 Å². The molecule has 0 bridgehead atoms. The number of esters is 1. The van der Waals surface area contributed by atoms with Crippen molar-refractivity contribution in [3.8, 4) is 0 Å². The van der Waals surface area contributed by atoms with Gasteiger partial charge in [0.05, 0.1) is 12.5 Å². The smallest absolute Gasteiger partial charge is 0.311 e. The number of carbonyl (C=O) groups is 1. The number of methoxy groups -OCH3 is 1. The Morgan fingerprint density at radius 2 is 1.80 bits per heavy atom. The predicted molar refractivity (Wildman–Crippen MR) is 60.7 cm³/mol. The third-order valence-electron chi connectivity index (χ3n) is 3.09. The van der Waals surface area contributed by atoms with Gasteiger partial charge in [-0.15, -0.1) is 0 Å². The van der Waals surface area contributed by atoms with Crippen LogP contribution in [0.15, 0.2) is 30.3 Å². The van der Waals surface area contributed by atoms with Crippen molar-refractivity contribution in [3.05, 3.63) is 35.9 Å². The average Bonchev–Trinajstić information content (AvgIpc) is 2.28. The van der Waals surface area contributed by atoms with E-state index in [9.17, 15) is 4.79 Å². The molecule has 0 unspecified atom stereocenters. The second-order valence-electron chi connectivity index (χ2n) is 4.35. The van der Waals surface area contributed by atoms with Crippen LogP contribution in [0.5, 0.6) is 0 Å². The third-order valence-corrected chi connectivity index (χ3v) is 3.09. The van der Waals surface area contributed by atoms with Crippen LogP contribution in [0.1, 0.15) is 32.3 Å². The number of hydrogen-bond acceptors (Lipinski definition) is 2. The van der Waals surface area contributed by atoms with Crippen LogP contribution in [0.3, 0.4) is 0 Å². The van der Waals surface area contributed by atoms with Gasteiger partial charge in [-0.25, -0.2) is 0 Å². The van der Waals surface area contributed by atoms with Crippen molar-refractivity contribution < 1.29 is 9.53 Å². The van der Waals surface area contributed by atoms with Crippen LogP contribution in [0, 0.1) is 5.41 Å². The molecule has 0 amide bonds. The summed E-state index contributed by atoms with van der Waals surface area (Å²) in [7, 11) is 1.43. The SMILES string of the molecule is COC(=O)C(C)(C)[C@@H](C)c1ccccc1. The molecule has 0 radical (unpaired) electrons. The average molecular weight is 206 g/mol. The Labute approximate surface area is 91.3 Å². The Morgan fingerprint density at radius 3 is 2.27 bits per heavy atom. The first-order valence-corrected chi connectivity index (χ1v) is 5.13. The number of ether oxygens (including phenoxy) is 1. The lowest BCUT2D eigenvalue weighted by Gasteiger charge is -2.29. The molecule has 0 saturated heterocycles. The maximum Gasteiger partial charge on any atom is 0.311 e. The highest BCUT2D eigenvalue weighted by atomic mass is 16.5. The molecule has 1 rings (SSSR count). The summed E-state index contributed by atoms with van der Waals surface area (Å²) in [6.07, 6.45) is 0. The molecule has 1 atom stereocenters. The highest BCUT2D eigenvalue weighted by molar-refractivity contribution is 5.77. The van der Waals surface area contributed by atoms with Crippen LogP contribution in [-0.4, -0.2) is 13.1 Å². The second kappa shape index (κ2) is 4.47. The Kier molecular flexibility index (Phi) is 3.51. The molecule has 0 saturated carbocycles. The summed E-state index contributed by atoms with van der Waals surface area (Å²) < 4.78 is 4.82. The number of benzene rings is 1. The summed E-state index contributed by atoms with van der Waals surface area (Å²) in [6.45, 7) is 5.87. The van der Waals surface area contributed by atoms with Gasteiger partial charge in [-0.05, 0) is 25.3 Å². The molecule has 82 valence electrons. The van der Waals surface area contributed by atoms with Gasteiger partial charge in [0.2, 0.25) is 0 Å². The number of carbonyl (C=O) groups excluding carboxylic acids is 1. The fraction of sp³-hybridized carbons (Fsp3) is 0.462. The molecule has 0 aliphatic heterocycles. The quantitative estimate of drug-likeness (QED) is 0.711. The van der Waals surface area contributed by atoms with E-state index in [1.807, 2.05) is 51.1 Å². The van der Waals surface area contributed by atoms with E-state index in [0.29, 0.717) is 0 Å². The van der Waals surface area contributed by atoms with Crippen molar-refractivity contribution in [1.82, 2.24) is 0 Å².